The number of aromatic amines is 1. The number of halogens is 1. The van der Waals surface area contributed by atoms with Gasteiger partial charge in [0.1, 0.15) is 11.5 Å². The van der Waals surface area contributed by atoms with Gasteiger partial charge in [-0.05, 0) is 30.7 Å². The van der Waals surface area contributed by atoms with E-state index in [1.54, 1.807) is 12.3 Å². The zero-order valence-electron chi connectivity index (χ0n) is 12.5. The third kappa shape index (κ3) is 2.30. The minimum absolute atomic E-state index is 0.260. The molecule has 0 unspecified atom stereocenters. The first-order valence-electron chi connectivity index (χ1n) is 7.34. The summed E-state index contributed by atoms with van der Waals surface area (Å²) in [5, 5.41) is 7.11. The molecule has 0 aromatic heterocycles. The van der Waals surface area contributed by atoms with Crippen LogP contribution >= 0.6 is 0 Å². The monoisotopic (exact) mass is 307 g/mol. The van der Waals surface area contributed by atoms with Crippen molar-refractivity contribution in [2.75, 3.05) is 0 Å². The highest BCUT2D eigenvalue weighted by Gasteiger charge is 2.17. The van der Waals surface area contributed by atoms with Crippen LogP contribution < -0.4 is 5.56 Å². The lowest BCUT2D eigenvalue weighted by Crippen LogP contribution is -2.08. The number of nitrogens with one attached hydrogen (secondary N) is 1. The molecule has 114 valence electrons. The molecule has 0 radical (unpaired) electrons. The Balaban J connectivity index is 1.96. The number of benzene rings is 2. The molecule has 5 heteroatoms. The Hall–Kier alpha value is -2.95. The van der Waals surface area contributed by atoms with Crippen LogP contribution in [0.3, 0.4) is 0 Å². The Labute approximate surface area is 131 Å². The molecular weight excluding hydrogens is 293 g/mol. The Morgan fingerprint density at radius 2 is 1.96 bits per heavy atom. The van der Waals surface area contributed by atoms with Crippen molar-refractivity contribution >= 4 is 10.9 Å². The average Bonchev–Trinajstić information content (AvgIpc) is 2.91. The van der Waals surface area contributed by atoms with Gasteiger partial charge in [0.05, 0.1) is 11.1 Å². The first kappa shape index (κ1) is 13.7. The number of aryl methyl sites for hydroxylation is 1. The lowest BCUT2D eigenvalue weighted by atomic mass is 10.1. The molecule has 2 aliphatic heterocycles. The fourth-order valence-electron chi connectivity index (χ4n) is 2.85. The first-order valence-corrected chi connectivity index (χ1v) is 7.34. The van der Waals surface area contributed by atoms with E-state index >= 15 is 0 Å². The molecular formula is C18H14FN3O. The molecule has 0 saturated heterocycles. The maximum Gasteiger partial charge on any atom is 0.275 e. The van der Waals surface area contributed by atoms with Gasteiger partial charge in [-0.2, -0.15) is 5.10 Å². The number of hydrogen-bond donors (Lipinski definition) is 1. The maximum atomic E-state index is 13.6. The van der Waals surface area contributed by atoms with Gasteiger partial charge in [0.2, 0.25) is 0 Å². The summed E-state index contributed by atoms with van der Waals surface area (Å²) >= 11 is 0. The van der Waals surface area contributed by atoms with Crippen molar-refractivity contribution in [3.05, 3.63) is 76.0 Å². The van der Waals surface area contributed by atoms with Crippen LogP contribution in [0, 0.1) is 12.7 Å². The van der Waals surface area contributed by atoms with Crippen LogP contribution in [-0.4, -0.2) is 14.8 Å². The molecule has 23 heavy (non-hydrogen) atoms. The van der Waals surface area contributed by atoms with Crippen LogP contribution in [0.2, 0.25) is 0 Å². The fourth-order valence-corrected chi connectivity index (χ4v) is 2.85. The standard InChI is InChI=1S/C18H14FN3O/c1-11-2-4-12(5-3-11)9-22-10-15-17(20-21-18(15)23)14-8-13(19)6-7-16(14)22/h2-8,10H,9H2,1H3,(H,21,23). The zero-order chi connectivity index (χ0) is 16.0. The molecule has 0 aliphatic carbocycles. The Bertz CT molecular complexity index is 1030. The van der Waals surface area contributed by atoms with Crippen molar-refractivity contribution in [2.24, 2.45) is 0 Å². The third-order valence-electron chi connectivity index (χ3n) is 4.05. The highest BCUT2D eigenvalue weighted by atomic mass is 19.1. The molecule has 0 saturated carbocycles. The first-order chi connectivity index (χ1) is 11.1. The van der Waals surface area contributed by atoms with E-state index in [0.717, 1.165) is 11.1 Å². The molecule has 4 rings (SSSR count). The summed E-state index contributed by atoms with van der Waals surface area (Å²) in [4.78, 5) is 11.9. The number of hydrogen-bond acceptors (Lipinski definition) is 2. The van der Waals surface area contributed by atoms with Crippen LogP contribution in [0.4, 0.5) is 4.39 Å². The molecule has 0 fully saturated rings. The van der Waals surface area contributed by atoms with Gasteiger partial charge in [0.25, 0.3) is 5.56 Å². The minimum atomic E-state index is -0.345. The second-order valence-electron chi connectivity index (χ2n) is 5.72. The van der Waals surface area contributed by atoms with E-state index in [4.69, 9.17) is 0 Å². The third-order valence-corrected chi connectivity index (χ3v) is 4.05. The molecule has 0 bridgehead atoms. The number of aromatic nitrogens is 3. The molecule has 0 spiro atoms. The molecule has 0 atom stereocenters. The van der Waals surface area contributed by atoms with E-state index in [0.29, 0.717) is 23.2 Å². The SMILES string of the molecule is Cc1ccc(Cn2cc3c(=O)[nH]nc-3c3cc(F)ccc32)cc1. The molecule has 2 aromatic carbocycles. The van der Waals surface area contributed by atoms with Gasteiger partial charge < -0.3 is 4.57 Å². The van der Waals surface area contributed by atoms with E-state index in [2.05, 4.69) is 22.3 Å². The molecule has 4 nitrogen and oxygen atoms in total. The zero-order valence-corrected chi connectivity index (χ0v) is 12.5. The average molecular weight is 307 g/mol. The minimum Gasteiger partial charge on any atom is -0.342 e. The van der Waals surface area contributed by atoms with Gasteiger partial charge in [-0.15, -0.1) is 0 Å². The summed E-state index contributed by atoms with van der Waals surface area (Å²) in [7, 11) is 0. The topological polar surface area (TPSA) is 50.7 Å². The summed E-state index contributed by atoms with van der Waals surface area (Å²) in [5.41, 5.74) is 3.86. The second-order valence-corrected chi connectivity index (χ2v) is 5.72. The highest BCUT2D eigenvalue weighted by Crippen LogP contribution is 2.28. The summed E-state index contributed by atoms with van der Waals surface area (Å²) in [6.07, 6.45) is 1.78. The van der Waals surface area contributed by atoms with Crippen molar-refractivity contribution < 1.29 is 4.39 Å². The Morgan fingerprint density at radius 1 is 1.17 bits per heavy atom. The second kappa shape index (κ2) is 5.05. The van der Waals surface area contributed by atoms with Crippen molar-refractivity contribution in [2.45, 2.75) is 13.5 Å². The number of H-pyrrole nitrogens is 1. The number of rotatable bonds is 2. The number of pyridine rings is 1. The predicted molar refractivity (Wildman–Crippen MR) is 87.2 cm³/mol. The lowest BCUT2D eigenvalue weighted by molar-refractivity contribution is 0.629. The largest absolute Gasteiger partial charge is 0.342 e. The van der Waals surface area contributed by atoms with Crippen LogP contribution in [-0.2, 0) is 6.54 Å². The normalized spacial score (nSPS) is 11.4. The summed E-state index contributed by atoms with van der Waals surface area (Å²) in [6.45, 7) is 2.64. The van der Waals surface area contributed by atoms with Crippen molar-refractivity contribution in [3.63, 3.8) is 0 Å². The van der Waals surface area contributed by atoms with Crippen LogP contribution in [0.1, 0.15) is 11.1 Å². The van der Waals surface area contributed by atoms with Gasteiger partial charge in [0.15, 0.2) is 0 Å². The molecule has 2 aromatic rings. The van der Waals surface area contributed by atoms with Crippen molar-refractivity contribution in [1.29, 1.82) is 0 Å². The van der Waals surface area contributed by atoms with E-state index < -0.39 is 0 Å². The van der Waals surface area contributed by atoms with Crippen LogP contribution in [0.15, 0.2) is 53.5 Å². The van der Waals surface area contributed by atoms with E-state index in [1.807, 2.05) is 23.6 Å². The van der Waals surface area contributed by atoms with Crippen LogP contribution in [0.5, 0.6) is 0 Å². The quantitative estimate of drug-likeness (QED) is 0.617. The Morgan fingerprint density at radius 3 is 2.74 bits per heavy atom. The molecule has 2 heterocycles. The highest BCUT2D eigenvalue weighted by molar-refractivity contribution is 5.93. The predicted octanol–water partition coefficient (Wildman–Crippen LogP) is 3.33. The smallest absolute Gasteiger partial charge is 0.275 e. The van der Waals surface area contributed by atoms with E-state index in [-0.39, 0.29) is 11.4 Å². The molecule has 2 aliphatic rings. The fraction of sp³-hybridized carbons (Fsp3) is 0.111. The maximum absolute atomic E-state index is 13.6. The van der Waals surface area contributed by atoms with Crippen molar-refractivity contribution in [3.8, 4) is 11.3 Å². The summed E-state index contributed by atoms with van der Waals surface area (Å²) in [5.74, 6) is -0.345. The summed E-state index contributed by atoms with van der Waals surface area (Å²) in [6, 6.07) is 12.8. The van der Waals surface area contributed by atoms with E-state index in [9.17, 15) is 9.18 Å². The molecule has 0 amide bonds. The number of nitrogens with zero attached hydrogens (tertiary/aromatic N) is 2. The van der Waals surface area contributed by atoms with Gasteiger partial charge in [0, 0.05) is 18.1 Å². The lowest BCUT2D eigenvalue weighted by Gasteiger charge is -2.14. The summed E-state index contributed by atoms with van der Waals surface area (Å²) < 4.78 is 15.6. The van der Waals surface area contributed by atoms with E-state index in [1.165, 1.54) is 17.7 Å². The van der Waals surface area contributed by atoms with Gasteiger partial charge in [-0.3, -0.25) is 4.79 Å². The van der Waals surface area contributed by atoms with Crippen molar-refractivity contribution in [1.82, 2.24) is 14.8 Å². The molecule has 1 N–H and O–H groups in total. The van der Waals surface area contributed by atoms with Gasteiger partial charge in [-0.25, -0.2) is 9.49 Å². The number of fused-ring (bicyclic) bond motifs is 3. The Kier molecular flexibility index (Phi) is 3.01. The van der Waals surface area contributed by atoms with Gasteiger partial charge in [-0.1, -0.05) is 29.8 Å². The van der Waals surface area contributed by atoms with Crippen LogP contribution in [0.25, 0.3) is 22.2 Å². The van der Waals surface area contributed by atoms with Gasteiger partial charge >= 0.3 is 0 Å².